The SMILES string of the molecule is COc1ccccc1[C@H](N)C1CCNCC1.Cl. The molecule has 0 radical (unpaired) electrons. The molecule has 0 aromatic heterocycles. The van der Waals surface area contributed by atoms with Crippen LogP contribution in [0.5, 0.6) is 5.75 Å². The molecule has 1 aliphatic rings. The van der Waals surface area contributed by atoms with Crippen LogP contribution in [0, 0.1) is 5.92 Å². The lowest BCUT2D eigenvalue weighted by atomic mass is 9.86. The lowest BCUT2D eigenvalue weighted by molar-refractivity contribution is 0.313. The number of hydrogen-bond donors (Lipinski definition) is 2. The smallest absolute Gasteiger partial charge is 0.123 e. The summed E-state index contributed by atoms with van der Waals surface area (Å²) in [5.74, 6) is 1.48. The molecule has 0 spiro atoms. The summed E-state index contributed by atoms with van der Waals surface area (Å²) in [5.41, 5.74) is 7.47. The van der Waals surface area contributed by atoms with Crippen LogP contribution in [0.25, 0.3) is 0 Å². The summed E-state index contributed by atoms with van der Waals surface area (Å²) >= 11 is 0. The average Bonchev–Trinajstić information content (AvgIpc) is 2.39. The first kappa shape index (κ1) is 14.3. The largest absolute Gasteiger partial charge is 0.496 e. The number of benzene rings is 1. The Balaban J connectivity index is 0.00000144. The summed E-state index contributed by atoms with van der Waals surface area (Å²) in [4.78, 5) is 0. The second-order valence-corrected chi connectivity index (χ2v) is 4.36. The maximum atomic E-state index is 6.34. The molecule has 1 aromatic carbocycles. The zero-order valence-electron chi connectivity index (χ0n) is 10.2. The third kappa shape index (κ3) is 3.35. The first-order valence-electron chi connectivity index (χ1n) is 5.92. The van der Waals surface area contributed by atoms with Crippen molar-refractivity contribution >= 4 is 12.4 Å². The van der Waals surface area contributed by atoms with Crippen LogP contribution in [-0.2, 0) is 0 Å². The zero-order chi connectivity index (χ0) is 11.4. The molecule has 0 amide bonds. The van der Waals surface area contributed by atoms with Gasteiger partial charge in [-0.2, -0.15) is 0 Å². The van der Waals surface area contributed by atoms with Gasteiger partial charge in [-0.1, -0.05) is 18.2 Å². The van der Waals surface area contributed by atoms with Gasteiger partial charge in [0.25, 0.3) is 0 Å². The Bertz CT molecular complexity index is 340. The van der Waals surface area contributed by atoms with Crippen LogP contribution in [0.15, 0.2) is 24.3 Å². The van der Waals surface area contributed by atoms with E-state index in [2.05, 4.69) is 11.4 Å². The predicted molar refractivity (Wildman–Crippen MR) is 72.8 cm³/mol. The number of hydrogen-bond acceptors (Lipinski definition) is 3. The van der Waals surface area contributed by atoms with Crippen molar-refractivity contribution in [2.24, 2.45) is 11.7 Å². The standard InChI is InChI=1S/C13H20N2O.ClH/c1-16-12-5-3-2-4-11(12)13(14)10-6-8-15-9-7-10;/h2-5,10,13,15H,6-9,14H2,1H3;1H/t13-;/m1./s1. The van der Waals surface area contributed by atoms with E-state index in [1.165, 1.54) is 0 Å². The number of methoxy groups -OCH3 is 1. The predicted octanol–water partition coefficient (Wildman–Crippen LogP) is 2.12. The Morgan fingerprint density at radius 2 is 1.94 bits per heavy atom. The van der Waals surface area contributed by atoms with E-state index in [1.54, 1.807) is 7.11 Å². The molecule has 1 saturated heterocycles. The molecule has 0 saturated carbocycles. The molecule has 96 valence electrons. The molecule has 0 bridgehead atoms. The third-order valence-corrected chi connectivity index (χ3v) is 3.39. The quantitative estimate of drug-likeness (QED) is 0.871. The Morgan fingerprint density at radius 1 is 1.29 bits per heavy atom. The fourth-order valence-electron chi connectivity index (χ4n) is 2.40. The summed E-state index contributed by atoms with van der Waals surface area (Å²) in [6.07, 6.45) is 2.30. The van der Waals surface area contributed by atoms with Crippen molar-refractivity contribution in [3.8, 4) is 5.75 Å². The maximum absolute atomic E-state index is 6.34. The van der Waals surface area contributed by atoms with E-state index in [-0.39, 0.29) is 18.4 Å². The van der Waals surface area contributed by atoms with Gasteiger partial charge in [0.05, 0.1) is 7.11 Å². The first-order valence-corrected chi connectivity index (χ1v) is 5.92. The van der Waals surface area contributed by atoms with Crippen molar-refractivity contribution in [2.45, 2.75) is 18.9 Å². The molecule has 0 aliphatic carbocycles. The van der Waals surface area contributed by atoms with Crippen molar-refractivity contribution in [1.82, 2.24) is 5.32 Å². The minimum atomic E-state index is 0. The number of halogens is 1. The number of piperidine rings is 1. The molecule has 1 fully saturated rings. The van der Waals surface area contributed by atoms with E-state index < -0.39 is 0 Å². The van der Waals surface area contributed by atoms with Gasteiger partial charge in [-0.05, 0) is 37.9 Å². The lowest BCUT2D eigenvalue weighted by Gasteiger charge is -2.29. The highest BCUT2D eigenvalue weighted by Gasteiger charge is 2.23. The minimum absolute atomic E-state index is 0. The van der Waals surface area contributed by atoms with Crippen molar-refractivity contribution < 1.29 is 4.74 Å². The van der Waals surface area contributed by atoms with E-state index in [0.29, 0.717) is 5.92 Å². The second-order valence-electron chi connectivity index (χ2n) is 4.36. The minimum Gasteiger partial charge on any atom is -0.496 e. The van der Waals surface area contributed by atoms with Crippen molar-refractivity contribution in [3.05, 3.63) is 29.8 Å². The molecule has 1 heterocycles. The van der Waals surface area contributed by atoms with Gasteiger partial charge in [-0.25, -0.2) is 0 Å². The van der Waals surface area contributed by atoms with Gasteiger partial charge < -0.3 is 15.8 Å². The highest BCUT2D eigenvalue weighted by Crippen LogP contribution is 2.32. The fourth-order valence-corrected chi connectivity index (χ4v) is 2.40. The Labute approximate surface area is 109 Å². The molecule has 0 unspecified atom stereocenters. The van der Waals surface area contributed by atoms with E-state index in [1.807, 2.05) is 18.2 Å². The van der Waals surface area contributed by atoms with Crippen LogP contribution in [0.4, 0.5) is 0 Å². The molecule has 4 heteroatoms. The summed E-state index contributed by atoms with van der Waals surface area (Å²) in [6.45, 7) is 2.15. The third-order valence-electron chi connectivity index (χ3n) is 3.39. The average molecular weight is 257 g/mol. The topological polar surface area (TPSA) is 47.3 Å². The molecule has 1 atom stereocenters. The number of rotatable bonds is 3. The van der Waals surface area contributed by atoms with Gasteiger partial charge in [-0.3, -0.25) is 0 Å². The molecule has 17 heavy (non-hydrogen) atoms. The lowest BCUT2D eigenvalue weighted by Crippen LogP contribution is -2.33. The van der Waals surface area contributed by atoms with Gasteiger partial charge in [-0.15, -0.1) is 12.4 Å². The zero-order valence-corrected chi connectivity index (χ0v) is 11.0. The van der Waals surface area contributed by atoms with Gasteiger partial charge in [0.15, 0.2) is 0 Å². The van der Waals surface area contributed by atoms with Crippen LogP contribution in [0.2, 0.25) is 0 Å². The van der Waals surface area contributed by atoms with Crippen LogP contribution in [0.1, 0.15) is 24.4 Å². The molecule has 1 aliphatic heterocycles. The first-order chi connectivity index (χ1) is 7.83. The van der Waals surface area contributed by atoms with Crippen molar-refractivity contribution in [3.63, 3.8) is 0 Å². The molecule has 2 rings (SSSR count). The molecule has 1 aromatic rings. The van der Waals surface area contributed by atoms with Crippen LogP contribution < -0.4 is 15.8 Å². The highest BCUT2D eigenvalue weighted by atomic mass is 35.5. The van der Waals surface area contributed by atoms with Crippen LogP contribution in [0.3, 0.4) is 0 Å². The number of nitrogens with two attached hydrogens (primary N) is 1. The highest BCUT2D eigenvalue weighted by molar-refractivity contribution is 5.85. The van der Waals surface area contributed by atoms with E-state index in [0.717, 1.165) is 37.2 Å². The Hall–Kier alpha value is -0.770. The summed E-state index contributed by atoms with van der Waals surface area (Å²) in [6, 6.07) is 8.16. The van der Waals surface area contributed by atoms with Gasteiger partial charge in [0.2, 0.25) is 0 Å². The van der Waals surface area contributed by atoms with Gasteiger partial charge in [0.1, 0.15) is 5.75 Å². The molecule has 3 nitrogen and oxygen atoms in total. The van der Waals surface area contributed by atoms with Crippen LogP contribution in [-0.4, -0.2) is 20.2 Å². The van der Waals surface area contributed by atoms with Gasteiger partial charge in [0, 0.05) is 11.6 Å². The summed E-state index contributed by atoms with van der Waals surface area (Å²) < 4.78 is 5.36. The Kier molecular flexibility index (Phi) is 5.75. The normalized spacial score (nSPS) is 18.2. The monoisotopic (exact) mass is 256 g/mol. The fraction of sp³-hybridized carbons (Fsp3) is 0.538. The van der Waals surface area contributed by atoms with Crippen molar-refractivity contribution in [2.75, 3.05) is 20.2 Å². The number of nitrogens with one attached hydrogen (secondary N) is 1. The van der Waals surface area contributed by atoms with Crippen LogP contribution >= 0.6 is 12.4 Å². The second kappa shape index (κ2) is 6.84. The Morgan fingerprint density at radius 3 is 2.59 bits per heavy atom. The molecular formula is C13H21ClN2O. The van der Waals surface area contributed by atoms with E-state index >= 15 is 0 Å². The van der Waals surface area contributed by atoms with E-state index in [9.17, 15) is 0 Å². The molecular weight excluding hydrogens is 236 g/mol. The molecule has 3 N–H and O–H groups in total. The number of ether oxygens (including phenoxy) is 1. The summed E-state index contributed by atoms with van der Waals surface area (Å²) in [5, 5.41) is 3.36. The number of para-hydroxylation sites is 1. The van der Waals surface area contributed by atoms with E-state index in [4.69, 9.17) is 10.5 Å². The summed E-state index contributed by atoms with van der Waals surface area (Å²) in [7, 11) is 1.70. The van der Waals surface area contributed by atoms with Gasteiger partial charge >= 0.3 is 0 Å². The van der Waals surface area contributed by atoms with Crippen molar-refractivity contribution in [1.29, 1.82) is 0 Å². The maximum Gasteiger partial charge on any atom is 0.123 e.